The molecule has 0 aliphatic carbocycles. The van der Waals surface area contributed by atoms with Crippen molar-refractivity contribution >= 4 is 29.1 Å². The van der Waals surface area contributed by atoms with Gasteiger partial charge < -0.3 is 25.2 Å². The number of rotatable bonds is 17. The van der Waals surface area contributed by atoms with Crippen LogP contribution < -0.4 is 5.32 Å². The quantitative estimate of drug-likeness (QED) is 0.183. The smallest absolute Gasteiger partial charge is 0.355 e. The predicted molar refractivity (Wildman–Crippen MR) is 156 cm³/mol. The number of aromatic nitrogens is 1. The van der Waals surface area contributed by atoms with Crippen LogP contribution in [-0.4, -0.2) is 87.8 Å². The summed E-state index contributed by atoms with van der Waals surface area (Å²) in [6.45, 7) is 11.4. The molecule has 0 radical (unpaired) electrons. The number of likely N-dealkylation sites (tertiary alicyclic amines) is 1. The Morgan fingerprint density at radius 3 is 2.52 bits per heavy atom. The molecule has 0 spiro atoms. The molecular weight excluding hydrogens is 532 g/mol. The van der Waals surface area contributed by atoms with Crippen LogP contribution in [0.4, 0.5) is 0 Å². The normalized spacial score (nSPS) is 19.1. The van der Waals surface area contributed by atoms with E-state index in [0.29, 0.717) is 18.0 Å². The number of aliphatic hydroxyl groups excluding tert-OH is 1. The fourth-order valence-electron chi connectivity index (χ4n) is 5.09. The van der Waals surface area contributed by atoms with Crippen molar-refractivity contribution in [3.63, 3.8) is 0 Å². The van der Waals surface area contributed by atoms with Crippen LogP contribution in [0.2, 0.25) is 0 Å². The number of thiazole rings is 1. The lowest BCUT2D eigenvalue weighted by atomic mass is 9.92. The summed E-state index contributed by atoms with van der Waals surface area (Å²) >= 11 is 1.09. The number of piperidine rings is 1. The molecule has 0 aromatic carbocycles. The second kappa shape index (κ2) is 17.0. The molecule has 3 N–H and O–H groups in total. The van der Waals surface area contributed by atoms with Crippen molar-refractivity contribution in [1.82, 2.24) is 20.1 Å². The fraction of sp³-hybridized carbons (Fsp3) is 0.793. The van der Waals surface area contributed by atoms with Gasteiger partial charge >= 0.3 is 5.97 Å². The van der Waals surface area contributed by atoms with Crippen molar-refractivity contribution < 1.29 is 29.3 Å². The molecule has 1 unspecified atom stereocenters. The van der Waals surface area contributed by atoms with Crippen LogP contribution in [0.1, 0.15) is 108 Å². The number of amides is 2. The summed E-state index contributed by atoms with van der Waals surface area (Å²) in [5.41, 5.74) is -0.112. The van der Waals surface area contributed by atoms with Gasteiger partial charge in [0, 0.05) is 24.4 Å². The first kappa shape index (κ1) is 34.1. The van der Waals surface area contributed by atoms with E-state index in [-0.39, 0.29) is 48.5 Å². The molecule has 2 rings (SSSR count). The molecule has 2 amide bonds. The van der Waals surface area contributed by atoms with Crippen molar-refractivity contribution in [2.24, 2.45) is 11.8 Å². The highest BCUT2D eigenvalue weighted by atomic mass is 32.1. The number of carbonyl (C=O) groups is 3. The van der Waals surface area contributed by atoms with Gasteiger partial charge in [-0.25, -0.2) is 9.78 Å². The Morgan fingerprint density at radius 2 is 1.95 bits per heavy atom. The van der Waals surface area contributed by atoms with Crippen molar-refractivity contribution in [2.75, 3.05) is 26.9 Å². The first-order valence-corrected chi connectivity index (χ1v) is 15.6. The van der Waals surface area contributed by atoms with Crippen LogP contribution in [0.5, 0.6) is 0 Å². The summed E-state index contributed by atoms with van der Waals surface area (Å²) in [6.07, 6.45) is 5.58. The van der Waals surface area contributed by atoms with Crippen molar-refractivity contribution in [3.8, 4) is 0 Å². The number of carboxylic acid groups (broad SMARTS) is 1. The van der Waals surface area contributed by atoms with Crippen LogP contribution in [0.15, 0.2) is 5.38 Å². The van der Waals surface area contributed by atoms with E-state index in [0.717, 1.165) is 56.4 Å². The summed E-state index contributed by atoms with van der Waals surface area (Å²) in [5.74, 6) is -1.66. The maximum atomic E-state index is 14.3. The molecule has 1 fully saturated rings. The molecule has 228 valence electrons. The molecule has 11 heteroatoms. The number of hydrogen-bond acceptors (Lipinski definition) is 8. The second-order valence-electron chi connectivity index (χ2n) is 11.4. The molecular formula is C29H50N4O6S. The highest BCUT2D eigenvalue weighted by Gasteiger charge is 2.38. The van der Waals surface area contributed by atoms with Crippen LogP contribution in [0, 0.1) is 11.8 Å². The monoisotopic (exact) mass is 582 g/mol. The number of aromatic carboxylic acids is 1. The van der Waals surface area contributed by atoms with Crippen molar-refractivity contribution in [2.45, 2.75) is 110 Å². The van der Waals surface area contributed by atoms with E-state index in [1.165, 1.54) is 5.38 Å². The van der Waals surface area contributed by atoms with Crippen molar-refractivity contribution in [3.05, 3.63) is 16.1 Å². The number of carboxylic acids is 1. The van der Waals surface area contributed by atoms with E-state index in [9.17, 15) is 24.6 Å². The van der Waals surface area contributed by atoms with Crippen molar-refractivity contribution in [1.29, 1.82) is 0 Å². The van der Waals surface area contributed by atoms with E-state index < -0.39 is 24.2 Å². The minimum Gasteiger partial charge on any atom is -0.476 e. The molecule has 1 saturated heterocycles. The number of likely N-dealkylation sites (N-methyl/N-ethyl adjacent to an activating group) is 1. The summed E-state index contributed by atoms with van der Waals surface area (Å²) in [7, 11) is 1.95. The summed E-state index contributed by atoms with van der Waals surface area (Å²) in [5, 5.41) is 25.1. The topological polar surface area (TPSA) is 132 Å². The van der Waals surface area contributed by atoms with E-state index in [2.05, 4.69) is 22.1 Å². The first-order valence-electron chi connectivity index (χ1n) is 14.8. The van der Waals surface area contributed by atoms with E-state index >= 15 is 0 Å². The summed E-state index contributed by atoms with van der Waals surface area (Å²) < 4.78 is 5.99. The van der Waals surface area contributed by atoms with Gasteiger partial charge in [-0.2, -0.15) is 0 Å². The van der Waals surface area contributed by atoms with Gasteiger partial charge in [0.2, 0.25) is 11.8 Å². The van der Waals surface area contributed by atoms with Gasteiger partial charge in [0.15, 0.2) is 5.69 Å². The molecule has 10 nitrogen and oxygen atoms in total. The zero-order valence-corrected chi connectivity index (χ0v) is 25.9. The van der Waals surface area contributed by atoms with Gasteiger partial charge in [-0.3, -0.25) is 14.5 Å². The number of ether oxygens (including phenoxy) is 1. The molecule has 40 heavy (non-hydrogen) atoms. The summed E-state index contributed by atoms with van der Waals surface area (Å²) in [6, 6.07) is -1.42. The zero-order chi connectivity index (χ0) is 29.8. The minimum atomic E-state index is -1.15. The molecule has 0 saturated carbocycles. The Hall–Kier alpha value is -2.08. The third-order valence-corrected chi connectivity index (χ3v) is 8.86. The SMILES string of the molecule is CCCCCOCN(C(=O)C(NC(=O)[C@H]1CCCCN1C)[C@@H](C)CC)[C@H](C[C@@H](O)c1nc(C(=O)O)cs1)C(C)C. The molecule has 1 aliphatic heterocycles. The van der Waals surface area contributed by atoms with E-state index in [1.54, 1.807) is 4.90 Å². The third-order valence-electron chi connectivity index (χ3n) is 7.92. The van der Waals surface area contributed by atoms with Gasteiger partial charge in [-0.1, -0.05) is 60.3 Å². The average Bonchev–Trinajstić information content (AvgIpc) is 3.43. The molecule has 2 heterocycles. The van der Waals surface area contributed by atoms with Gasteiger partial charge in [-0.15, -0.1) is 11.3 Å². The lowest BCUT2D eigenvalue weighted by molar-refractivity contribution is -0.149. The Kier molecular flexibility index (Phi) is 14.5. The minimum absolute atomic E-state index is 0.0441. The van der Waals surface area contributed by atoms with Gasteiger partial charge in [-0.05, 0) is 44.7 Å². The Balaban J connectivity index is 2.32. The first-order chi connectivity index (χ1) is 19.0. The maximum Gasteiger partial charge on any atom is 0.355 e. The summed E-state index contributed by atoms with van der Waals surface area (Å²) in [4.78, 5) is 46.7. The highest BCUT2D eigenvalue weighted by molar-refractivity contribution is 7.09. The highest BCUT2D eigenvalue weighted by Crippen LogP contribution is 2.29. The second-order valence-corrected chi connectivity index (χ2v) is 12.2. The van der Waals surface area contributed by atoms with Gasteiger partial charge in [0.05, 0.1) is 6.04 Å². The number of aliphatic hydroxyl groups is 1. The average molecular weight is 583 g/mol. The number of hydrogen-bond donors (Lipinski definition) is 3. The predicted octanol–water partition coefficient (Wildman–Crippen LogP) is 4.30. The lowest BCUT2D eigenvalue weighted by Gasteiger charge is -2.39. The molecule has 0 bridgehead atoms. The zero-order valence-electron chi connectivity index (χ0n) is 25.1. The Labute approximate surface area is 243 Å². The van der Waals surface area contributed by atoms with Gasteiger partial charge in [0.1, 0.15) is 23.9 Å². The maximum absolute atomic E-state index is 14.3. The third kappa shape index (κ3) is 9.78. The standard InChI is InChI=1S/C29H50N4O6S/c1-7-9-12-15-39-18-33(23(19(3)4)16-24(34)27-30-21(17-40-27)29(37)38)28(36)25(20(5)8-2)31-26(35)22-13-10-11-14-32(22)6/h17,19-20,22-25,34H,7-16,18H2,1-6H3,(H,31,35)(H,37,38)/t20-,22+,23+,24+,25?/m0/s1. The van der Waals surface area contributed by atoms with E-state index in [4.69, 9.17) is 4.74 Å². The Morgan fingerprint density at radius 1 is 1.23 bits per heavy atom. The lowest BCUT2D eigenvalue weighted by Crippen LogP contribution is -2.59. The fourth-order valence-corrected chi connectivity index (χ4v) is 5.88. The van der Waals surface area contributed by atoms with Crippen LogP contribution in [-0.2, 0) is 14.3 Å². The van der Waals surface area contributed by atoms with Gasteiger partial charge in [0.25, 0.3) is 0 Å². The van der Waals surface area contributed by atoms with Crippen LogP contribution in [0.3, 0.4) is 0 Å². The van der Waals surface area contributed by atoms with Crippen LogP contribution in [0.25, 0.3) is 0 Å². The molecule has 5 atom stereocenters. The number of nitrogens with zero attached hydrogens (tertiary/aromatic N) is 3. The number of nitrogens with one attached hydrogen (secondary N) is 1. The molecule has 1 aromatic heterocycles. The Bertz CT molecular complexity index is 941. The van der Waals surface area contributed by atoms with Crippen LogP contribution >= 0.6 is 11.3 Å². The molecule has 1 aromatic rings. The number of unbranched alkanes of at least 4 members (excludes halogenated alkanes) is 2. The largest absolute Gasteiger partial charge is 0.476 e. The molecule has 1 aliphatic rings. The van der Waals surface area contributed by atoms with E-state index in [1.807, 2.05) is 34.7 Å². The number of carbonyl (C=O) groups excluding carboxylic acids is 2.